The normalized spacial score (nSPS) is 12.4. The lowest BCUT2D eigenvalue weighted by atomic mass is 10.2. The van der Waals surface area contributed by atoms with E-state index >= 15 is 0 Å². The minimum atomic E-state index is 0.0428. The first-order valence-corrected chi connectivity index (χ1v) is 6.92. The molecule has 0 saturated heterocycles. The molecule has 0 fully saturated rings. The van der Waals surface area contributed by atoms with Gasteiger partial charge in [0.15, 0.2) is 0 Å². The van der Waals surface area contributed by atoms with Crippen LogP contribution in [0.3, 0.4) is 0 Å². The molecule has 0 aliphatic carbocycles. The maximum Gasteiger partial charge on any atom is 0.221 e. The third-order valence-corrected chi connectivity index (χ3v) is 3.30. The van der Waals surface area contributed by atoms with Crippen molar-refractivity contribution in [3.63, 3.8) is 0 Å². The molecule has 1 amide bonds. The zero-order chi connectivity index (χ0) is 13.4. The molecule has 0 saturated carbocycles. The van der Waals surface area contributed by atoms with Crippen LogP contribution < -0.4 is 10.6 Å². The topological polar surface area (TPSA) is 63.2 Å². The lowest BCUT2D eigenvalue weighted by Crippen LogP contribution is -2.30. The van der Waals surface area contributed by atoms with Crippen molar-refractivity contribution < 1.29 is 9.53 Å². The average molecular weight is 271 g/mol. The van der Waals surface area contributed by atoms with Gasteiger partial charge in [-0.15, -0.1) is 11.3 Å². The van der Waals surface area contributed by atoms with Crippen molar-refractivity contribution in [3.8, 4) is 0 Å². The Bertz CT molecular complexity index is 368. The smallest absolute Gasteiger partial charge is 0.221 e. The Morgan fingerprint density at radius 3 is 2.94 bits per heavy atom. The van der Waals surface area contributed by atoms with Gasteiger partial charge in [-0.05, 0) is 13.8 Å². The molecule has 18 heavy (non-hydrogen) atoms. The van der Waals surface area contributed by atoms with E-state index in [9.17, 15) is 4.79 Å². The lowest BCUT2D eigenvalue weighted by Gasteiger charge is -2.11. The van der Waals surface area contributed by atoms with E-state index in [-0.39, 0.29) is 11.9 Å². The van der Waals surface area contributed by atoms with Gasteiger partial charge in [0.05, 0.1) is 17.3 Å². The van der Waals surface area contributed by atoms with Gasteiger partial charge >= 0.3 is 0 Å². The largest absolute Gasteiger partial charge is 0.383 e. The number of hydrogen-bond donors (Lipinski definition) is 2. The van der Waals surface area contributed by atoms with E-state index < -0.39 is 0 Å². The molecule has 1 unspecified atom stereocenters. The third-order valence-electron chi connectivity index (χ3n) is 2.51. The Morgan fingerprint density at radius 1 is 1.56 bits per heavy atom. The summed E-state index contributed by atoms with van der Waals surface area (Å²) in [4.78, 5) is 15.8. The standard InChI is InChI=1S/C12H21N3O2S/c1-9(11-8-18-10(2)15-11)13-5-4-12(16)14-6-7-17-3/h8-9,13H,4-7H2,1-3H3,(H,14,16). The number of ether oxygens (including phenoxy) is 1. The van der Waals surface area contributed by atoms with E-state index in [4.69, 9.17) is 4.74 Å². The van der Waals surface area contributed by atoms with Crippen molar-refractivity contribution in [2.45, 2.75) is 26.3 Å². The molecular weight excluding hydrogens is 250 g/mol. The van der Waals surface area contributed by atoms with Gasteiger partial charge in [0.1, 0.15) is 0 Å². The highest BCUT2D eigenvalue weighted by Crippen LogP contribution is 2.15. The monoisotopic (exact) mass is 271 g/mol. The summed E-state index contributed by atoms with van der Waals surface area (Å²) in [6.07, 6.45) is 0.469. The van der Waals surface area contributed by atoms with Crippen LogP contribution in [0.1, 0.15) is 30.1 Å². The number of nitrogens with one attached hydrogen (secondary N) is 2. The van der Waals surface area contributed by atoms with E-state index in [1.54, 1.807) is 18.4 Å². The Kier molecular flexibility index (Phi) is 6.85. The van der Waals surface area contributed by atoms with Crippen LogP contribution in [0.5, 0.6) is 0 Å². The molecule has 1 heterocycles. The molecule has 0 radical (unpaired) electrons. The number of carbonyl (C=O) groups is 1. The van der Waals surface area contributed by atoms with Gasteiger partial charge in [-0.25, -0.2) is 4.98 Å². The van der Waals surface area contributed by atoms with E-state index in [1.807, 2.05) is 12.3 Å². The first kappa shape index (κ1) is 15.1. The van der Waals surface area contributed by atoms with Crippen molar-refractivity contribution in [1.82, 2.24) is 15.6 Å². The maximum absolute atomic E-state index is 11.4. The molecule has 0 spiro atoms. The molecular formula is C12H21N3O2S. The van der Waals surface area contributed by atoms with Crippen LogP contribution in [-0.2, 0) is 9.53 Å². The highest BCUT2D eigenvalue weighted by Gasteiger charge is 2.08. The van der Waals surface area contributed by atoms with Crippen molar-refractivity contribution in [3.05, 3.63) is 16.1 Å². The molecule has 5 nitrogen and oxygen atoms in total. The lowest BCUT2D eigenvalue weighted by molar-refractivity contribution is -0.121. The number of thiazole rings is 1. The summed E-state index contributed by atoms with van der Waals surface area (Å²) in [5.41, 5.74) is 1.04. The van der Waals surface area contributed by atoms with Crippen LogP contribution in [-0.4, -0.2) is 37.7 Å². The van der Waals surface area contributed by atoms with E-state index in [2.05, 4.69) is 22.5 Å². The van der Waals surface area contributed by atoms with E-state index in [0.717, 1.165) is 10.7 Å². The van der Waals surface area contributed by atoms with Crippen LogP contribution in [0.25, 0.3) is 0 Å². The molecule has 1 rings (SSSR count). The first-order chi connectivity index (χ1) is 8.63. The number of aryl methyl sites for hydroxylation is 1. The minimum Gasteiger partial charge on any atom is -0.383 e. The Labute approximate surface area is 112 Å². The molecule has 0 aromatic carbocycles. The average Bonchev–Trinajstić information content (AvgIpc) is 2.76. The van der Waals surface area contributed by atoms with E-state index in [0.29, 0.717) is 26.1 Å². The Hall–Kier alpha value is -0.980. The van der Waals surface area contributed by atoms with Gasteiger partial charge in [-0.2, -0.15) is 0 Å². The second-order valence-corrected chi connectivity index (χ2v) is 5.12. The number of methoxy groups -OCH3 is 1. The fourth-order valence-corrected chi connectivity index (χ4v) is 2.17. The second-order valence-electron chi connectivity index (χ2n) is 4.06. The maximum atomic E-state index is 11.4. The Balaban J connectivity index is 2.15. The van der Waals surface area contributed by atoms with Crippen molar-refractivity contribution in [1.29, 1.82) is 0 Å². The van der Waals surface area contributed by atoms with Crippen LogP contribution in [0, 0.1) is 6.92 Å². The van der Waals surface area contributed by atoms with Crippen molar-refractivity contribution in [2.75, 3.05) is 26.8 Å². The van der Waals surface area contributed by atoms with Crippen LogP contribution in [0.2, 0.25) is 0 Å². The fraction of sp³-hybridized carbons (Fsp3) is 0.667. The number of nitrogens with zero attached hydrogens (tertiary/aromatic N) is 1. The van der Waals surface area contributed by atoms with Gasteiger partial charge in [0, 0.05) is 38.0 Å². The molecule has 0 aliphatic rings. The van der Waals surface area contributed by atoms with Crippen molar-refractivity contribution >= 4 is 17.2 Å². The number of aromatic nitrogens is 1. The van der Waals surface area contributed by atoms with Crippen LogP contribution in [0.15, 0.2) is 5.38 Å². The van der Waals surface area contributed by atoms with Crippen molar-refractivity contribution in [2.24, 2.45) is 0 Å². The molecule has 2 N–H and O–H groups in total. The molecule has 1 atom stereocenters. The fourth-order valence-electron chi connectivity index (χ4n) is 1.47. The predicted molar refractivity (Wildman–Crippen MR) is 72.8 cm³/mol. The highest BCUT2D eigenvalue weighted by molar-refractivity contribution is 7.09. The highest BCUT2D eigenvalue weighted by atomic mass is 32.1. The zero-order valence-electron chi connectivity index (χ0n) is 11.2. The van der Waals surface area contributed by atoms with Gasteiger partial charge < -0.3 is 15.4 Å². The summed E-state index contributed by atoms with van der Waals surface area (Å²) in [6, 6.07) is 0.182. The molecule has 1 aromatic heterocycles. The van der Waals surface area contributed by atoms with Gasteiger partial charge in [0.2, 0.25) is 5.91 Å². The van der Waals surface area contributed by atoms with E-state index in [1.165, 1.54) is 0 Å². The first-order valence-electron chi connectivity index (χ1n) is 6.04. The third kappa shape index (κ3) is 5.57. The minimum absolute atomic E-state index is 0.0428. The number of hydrogen-bond acceptors (Lipinski definition) is 5. The molecule has 0 bridgehead atoms. The zero-order valence-corrected chi connectivity index (χ0v) is 12.0. The summed E-state index contributed by atoms with van der Waals surface area (Å²) < 4.78 is 4.86. The van der Waals surface area contributed by atoms with Gasteiger partial charge in [-0.1, -0.05) is 0 Å². The summed E-state index contributed by atoms with van der Waals surface area (Å²) >= 11 is 1.64. The summed E-state index contributed by atoms with van der Waals surface area (Å²) in [6.45, 7) is 5.81. The number of rotatable bonds is 8. The number of carbonyl (C=O) groups excluding carboxylic acids is 1. The summed E-state index contributed by atoms with van der Waals surface area (Å²) in [5.74, 6) is 0.0428. The molecule has 0 aliphatic heterocycles. The van der Waals surface area contributed by atoms with Crippen LogP contribution >= 0.6 is 11.3 Å². The quantitative estimate of drug-likeness (QED) is 0.699. The van der Waals surface area contributed by atoms with Crippen LogP contribution in [0.4, 0.5) is 0 Å². The van der Waals surface area contributed by atoms with Gasteiger partial charge in [0.25, 0.3) is 0 Å². The molecule has 6 heteroatoms. The molecule has 102 valence electrons. The number of amides is 1. The summed E-state index contributed by atoms with van der Waals surface area (Å²) in [5, 5.41) is 9.18. The second kappa shape index (κ2) is 8.18. The predicted octanol–water partition coefficient (Wildman–Crippen LogP) is 1.25. The Morgan fingerprint density at radius 2 is 2.33 bits per heavy atom. The summed E-state index contributed by atoms with van der Waals surface area (Å²) in [7, 11) is 1.62. The SMILES string of the molecule is COCCNC(=O)CCNC(C)c1csc(C)n1. The van der Waals surface area contributed by atoms with Gasteiger partial charge in [-0.3, -0.25) is 4.79 Å². The molecule has 1 aromatic rings.